The van der Waals surface area contributed by atoms with Crippen molar-refractivity contribution in [3.8, 4) is 28.5 Å². The second-order valence-corrected chi connectivity index (χ2v) is 6.30. The van der Waals surface area contributed by atoms with Crippen molar-refractivity contribution in [3.63, 3.8) is 0 Å². The maximum Gasteiger partial charge on any atom is 0.417 e. The van der Waals surface area contributed by atoms with E-state index in [9.17, 15) is 18.4 Å². The van der Waals surface area contributed by atoms with E-state index in [1.165, 1.54) is 24.3 Å². The first-order chi connectivity index (χ1) is 12.3. The zero-order chi connectivity index (χ0) is 18.9. The van der Waals surface area contributed by atoms with Crippen molar-refractivity contribution >= 4 is 21.7 Å². The van der Waals surface area contributed by atoms with Crippen LogP contribution >= 0.6 is 15.9 Å². The molecule has 0 aliphatic carbocycles. The molecule has 0 saturated carbocycles. The fourth-order valence-corrected chi connectivity index (χ4v) is 3.15. The average molecular weight is 418 g/mol. The monoisotopic (exact) mass is 417 g/mol. The number of nitriles is 1. The first kappa shape index (κ1) is 18.0. The summed E-state index contributed by atoms with van der Waals surface area (Å²) in [6, 6.07) is 15.5. The van der Waals surface area contributed by atoms with Crippen LogP contribution in [0.5, 0.6) is 0 Å². The fraction of sp³-hybridized carbons (Fsp3) is 0.0526. The lowest BCUT2D eigenvalue weighted by atomic mass is 9.94. The number of pyridine rings is 1. The number of alkyl halides is 3. The minimum Gasteiger partial charge on any atom is -0.383 e. The number of anilines is 1. The maximum absolute atomic E-state index is 13.4. The molecule has 0 aliphatic rings. The van der Waals surface area contributed by atoms with Gasteiger partial charge in [-0.1, -0.05) is 52.3 Å². The van der Waals surface area contributed by atoms with Gasteiger partial charge in [-0.2, -0.15) is 18.4 Å². The van der Waals surface area contributed by atoms with Crippen molar-refractivity contribution in [2.24, 2.45) is 0 Å². The smallest absolute Gasteiger partial charge is 0.383 e. The molecular formula is C19H11BrF3N3. The van der Waals surface area contributed by atoms with Crippen LogP contribution in [0, 0.1) is 11.3 Å². The molecule has 0 spiro atoms. The Morgan fingerprint density at radius 2 is 1.58 bits per heavy atom. The van der Waals surface area contributed by atoms with Gasteiger partial charge in [0.15, 0.2) is 0 Å². The molecule has 2 aromatic carbocycles. The van der Waals surface area contributed by atoms with Crippen LogP contribution in [0.4, 0.5) is 19.0 Å². The summed E-state index contributed by atoms with van der Waals surface area (Å²) in [6.07, 6.45) is -4.56. The van der Waals surface area contributed by atoms with Crippen LogP contribution in [0.1, 0.15) is 11.1 Å². The molecule has 0 atom stereocenters. The molecule has 0 aliphatic heterocycles. The molecule has 2 N–H and O–H groups in total. The van der Waals surface area contributed by atoms with E-state index in [1.54, 1.807) is 24.3 Å². The van der Waals surface area contributed by atoms with Crippen LogP contribution < -0.4 is 5.73 Å². The number of hydrogen-bond acceptors (Lipinski definition) is 3. The molecule has 0 amide bonds. The minimum atomic E-state index is -4.56. The van der Waals surface area contributed by atoms with Crippen LogP contribution in [0.25, 0.3) is 22.4 Å². The normalized spacial score (nSPS) is 11.2. The molecule has 26 heavy (non-hydrogen) atoms. The number of nitrogens with two attached hydrogens (primary N) is 1. The molecule has 1 aromatic heterocycles. The van der Waals surface area contributed by atoms with Gasteiger partial charge in [0.1, 0.15) is 17.5 Å². The molecule has 0 fully saturated rings. The highest BCUT2D eigenvalue weighted by Gasteiger charge is 2.34. The van der Waals surface area contributed by atoms with Gasteiger partial charge in [0.2, 0.25) is 0 Å². The number of aromatic nitrogens is 1. The topological polar surface area (TPSA) is 62.7 Å². The molecule has 0 saturated heterocycles. The third-order valence-electron chi connectivity index (χ3n) is 3.83. The minimum absolute atomic E-state index is 0.0856. The summed E-state index contributed by atoms with van der Waals surface area (Å²) in [4.78, 5) is 4.20. The van der Waals surface area contributed by atoms with Gasteiger partial charge in [0, 0.05) is 15.6 Å². The summed E-state index contributed by atoms with van der Waals surface area (Å²) in [6.45, 7) is 0. The highest BCUT2D eigenvalue weighted by Crippen LogP contribution is 2.40. The standard InChI is InChI=1S/C19H11BrF3N3/c20-16-8-4-2-6-12(16)17-9-13(14(10-24)18(25)26-17)11-5-1-3-7-15(11)19(21,22)23/h1-9H,(H2,25,26). The van der Waals surface area contributed by atoms with Crippen LogP contribution in [-0.2, 0) is 6.18 Å². The highest BCUT2D eigenvalue weighted by molar-refractivity contribution is 9.10. The molecule has 130 valence electrons. The highest BCUT2D eigenvalue weighted by atomic mass is 79.9. The summed E-state index contributed by atoms with van der Waals surface area (Å²) in [5.41, 5.74) is 5.99. The van der Waals surface area contributed by atoms with E-state index in [4.69, 9.17) is 5.73 Å². The van der Waals surface area contributed by atoms with E-state index in [0.717, 1.165) is 6.07 Å². The molecule has 1 heterocycles. The lowest BCUT2D eigenvalue weighted by Crippen LogP contribution is -2.08. The van der Waals surface area contributed by atoms with Crippen molar-refractivity contribution < 1.29 is 13.2 Å². The lowest BCUT2D eigenvalue weighted by Gasteiger charge is -2.16. The van der Waals surface area contributed by atoms with E-state index in [1.807, 2.05) is 6.07 Å². The number of nitrogens with zero attached hydrogens (tertiary/aromatic N) is 2. The van der Waals surface area contributed by atoms with E-state index >= 15 is 0 Å². The van der Waals surface area contributed by atoms with Gasteiger partial charge < -0.3 is 5.73 Å². The van der Waals surface area contributed by atoms with E-state index in [0.29, 0.717) is 15.7 Å². The van der Waals surface area contributed by atoms with Crippen molar-refractivity contribution in [1.82, 2.24) is 4.98 Å². The Morgan fingerprint density at radius 3 is 2.19 bits per heavy atom. The van der Waals surface area contributed by atoms with Gasteiger partial charge in [-0.05, 0) is 23.8 Å². The molecule has 0 unspecified atom stereocenters. The van der Waals surface area contributed by atoms with E-state index < -0.39 is 11.7 Å². The predicted octanol–water partition coefficient (Wildman–Crippen LogP) is 5.65. The zero-order valence-corrected chi connectivity index (χ0v) is 14.8. The van der Waals surface area contributed by atoms with Gasteiger partial charge in [-0.3, -0.25) is 0 Å². The van der Waals surface area contributed by atoms with Gasteiger partial charge in [-0.25, -0.2) is 4.98 Å². The average Bonchev–Trinajstić information content (AvgIpc) is 2.60. The third-order valence-corrected chi connectivity index (χ3v) is 4.52. The Kier molecular flexibility index (Phi) is 4.70. The van der Waals surface area contributed by atoms with Crippen LogP contribution in [-0.4, -0.2) is 4.98 Å². The van der Waals surface area contributed by atoms with Crippen molar-refractivity contribution in [3.05, 3.63) is 70.2 Å². The Hall–Kier alpha value is -2.85. The Labute approximate surface area is 156 Å². The molecule has 0 bridgehead atoms. The summed E-state index contributed by atoms with van der Waals surface area (Å²) < 4.78 is 41.0. The van der Waals surface area contributed by atoms with Crippen molar-refractivity contribution in [2.75, 3.05) is 5.73 Å². The van der Waals surface area contributed by atoms with E-state index in [2.05, 4.69) is 20.9 Å². The van der Waals surface area contributed by atoms with Crippen LogP contribution in [0.3, 0.4) is 0 Å². The Morgan fingerprint density at radius 1 is 0.962 bits per heavy atom. The molecule has 3 nitrogen and oxygen atoms in total. The van der Waals surface area contributed by atoms with Gasteiger partial charge in [0.05, 0.1) is 11.3 Å². The lowest BCUT2D eigenvalue weighted by molar-refractivity contribution is -0.137. The molecular weight excluding hydrogens is 407 g/mol. The molecule has 3 rings (SSSR count). The summed E-state index contributed by atoms with van der Waals surface area (Å²) in [5, 5.41) is 9.41. The second kappa shape index (κ2) is 6.81. The van der Waals surface area contributed by atoms with Gasteiger partial charge >= 0.3 is 6.18 Å². The van der Waals surface area contributed by atoms with Gasteiger partial charge in [-0.15, -0.1) is 0 Å². The maximum atomic E-state index is 13.4. The fourth-order valence-electron chi connectivity index (χ4n) is 2.67. The summed E-state index contributed by atoms with van der Waals surface area (Å²) >= 11 is 3.39. The number of halogens is 4. The number of benzene rings is 2. The van der Waals surface area contributed by atoms with Crippen LogP contribution in [0.2, 0.25) is 0 Å². The van der Waals surface area contributed by atoms with Crippen LogP contribution in [0.15, 0.2) is 59.1 Å². The van der Waals surface area contributed by atoms with Crippen molar-refractivity contribution in [2.45, 2.75) is 6.18 Å². The zero-order valence-electron chi connectivity index (χ0n) is 13.2. The number of hydrogen-bond donors (Lipinski definition) is 1. The first-order valence-corrected chi connectivity index (χ1v) is 8.24. The van der Waals surface area contributed by atoms with E-state index in [-0.39, 0.29) is 22.5 Å². The SMILES string of the molecule is N#Cc1c(-c2ccccc2C(F)(F)F)cc(-c2ccccc2Br)nc1N. The third kappa shape index (κ3) is 3.28. The predicted molar refractivity (Wildman–Crippen MR) is 96.9 cm³/mol. The summed E-state index contributed by atoms with van der Waals surface area (Å²) in [7, 11) is 0. The number of nitrogen functional groups attached to an aromatic ring is 1. The Balaban J connectivity index is 2.33. The van der Waals surface area contributed by atoms with Crippen molar-refractivity contribution in [1.29, 1.82) is 5.26 Å². The molecule has 7 heteroatoms. The largest absolute Gasteiger partial charge is 0.417 e. The summed E-state index contributed by atoms with van der Waals surface area (Å²) in [5.74, 6) is -0.118. The number of rotatable bonds is 2. The molecule has 0 radical (unpaired) electrons. The quantitative estimate of drug-likeness (QED) is 0.585. The van der Waals surface area contributed by atoms with Gasteiger partial charge in [0.25, 0.3) is 0 Å². The first-order valence-electron chi connectivity index (χ1n) is 7.45. The Bertz CT molecular complexity index is 1020. The molecule has 3 aromatic rings. The second-order valence-electron chi connectivity index (χ2n) is 5.45.